The summed E-state index contributed by atoms with van der Waals surface area (Å²) in [6, 6.07) is 20.2. The van der Waals surface area contributed by atoms with Crippen LogP contribution in [0.1, 0.15) is 35.6 Å². The van der Waals surface area contributed by atoms with Crippen molar-refractivity contribution in [3.05, 3.63) is 77.4 Å². The lowest BCUT2D eigenvalue weighted by atomic mass is 9.93. The van der Waals surface area contributed by atoms with Crippen LogP contribution in [-0.4, -0.2) is 34.1 Å². The Bertz CT molecular complexity index is 860. The SMILES string of the molecule is OC[C@@H]1CC(O)CC(c2cc(Cc3cc4cccccc-4c3)ccc2O)O1. The third-order valence-corrected chi connectivity index (χ3v) is 5.22. The number of benzene rings is 1. The summed E-state index contributed by atoms with van der Waals surface area (Å²) in [6.45, 7) is -0.133. The number of phenols is 1. The van der Waals surface area contributed by atoms with Crippen molar-refractivity contribution < 1.29 is 20.1 Å². The molecule has 4 nitrogen and oxygen atoms in total. The molecule has 27 heavy (non-hydrogen) atoms. The normalized spacial score (nSPS) is 22.8. The molecule has 4 rings (SSSR count). The minimum absolute atomic E-state index is 0.133. The van der Waals surface area contributed by atoms with Gasteiger partial charge in [0.15, 0.2) is 0 Å². The highest BCUT2D eigenvalue weighted by Gasteiger charge is 2.30. The van der Waals surface area contributed by atoms with Crippen LogP contribution >= 0.6 is 0 Å². The van der Waals surface area contributed by atoms with Crippen LogP contribution in [0.25, 0.3) is 11.1 Å². The minimum atomic E-state index is -0.537. The van der Waals surface area contributed by atoms with Crippen molar-refractivity contribution in [3.8, 4) is 16.9 Å². The first-order valence-corrected chi connectivity index (χ1v) is 9.36. The molecule has 140 valence electrons. The van der Waals surface area contributed by atoms with Gasteiger partial charge in [0.2, 0.25) is 0 Å². The summed E-state index contributed by atoms with van der Waals surface area (Å²) in [6.07, 6.45) is 0.247. The minimum Gasteiger partial charge on any atom is -0.508 e. The molecule has 1 aromatic carbocycles. The second-order valence-electron chi connectivity index (χ2n) is 7.31. The van der Waals surface area contributed by atoms with E-state index in [2.05, 4.69) is 24.3 Å². The Morgan fingerprint density at radius 2 is 1.63 bits per heavy atom. The standard InChI is InChI=1S/C23H24O4/c24-14-20-12-19(25)13-23(27-20)21-11-15(6-7-22(21)26)8-16-9-17-4-2-1-3-5-18(17)10-16/h1-7,9-11,19-20,23-26H,8,12-14H2/t19?,20-,23?/m0/s1. The molecule has 4 heteroatoms. The van der Waals surface area contributed by atoms with E-state index in [-0.39, 0.29) is 12.4 Å². The summed E-state index contributed by atoms with van der Waals surface area (Å²) < 4.78 is 5.87. The molecule has 1 heterocycles. The zero-order valence-corrected chi connectivity index (χ0v) is 15.1. The molecule has 1 saturated heterocycles. The van der Waals surface area contributed by atoms with E-state index < -0.39 is 18.3 Å². The van der Waals surface area contributed by atoms with Crippen molar-refractivity contribution in [2.75, 3.05) is 6.61 Å². The topological polar surface area (TPSA) is 69.9 Å². The van der Waals surface area contributed by atoms with Crippen molar-refractivity contribution in [3.63, 3.8) is 0 Å². The van der Waals surface area contributed by atoms with Crippen LogP contribution in [0.4, 0.5) is 0 Å². The van der Waals surface area contributed by atoms with Gasteiger partial charge in [0, 0.05) is 18.4 Å². The Balaban J connectivity index is 1.59. The van der Waals surface area contributed by atoms with Crippen LogP contribution in [0, 0.1) is 0 Å². The molecule has 0 amide bonds. The van der Waals surface area contributed by atoms with E-state index >= 15 is 0 Å². The maximum absolute atomic E-state index is 10.3. The van der Waals surface area contributed by atoms with Crippen LogP contribution < -0.4 is 0 Å². The largest absolute Gasteiger partial charge is 0.508 e. The highest BCUT2D eigenvalue weighted by Crippen LogP contribution is 2.37. The Labute approximate surface area is 159 Å². The summed E-state index contributed by atoms with van der Waals surface area (Å²) >= 11 is 0. The lowest BCUT2D eigenvalue weighted by Gasteiger charge is -2.33. The smallest absolute Gasteiger partial charge is 0.121 e. The van der Waals surface area contributed by atoms with Crippen molar-refractivity contribution in [1.29, 1.82) is 0 Å². The van der Waals surface area contributed by atoms with Crippen LogP contribution in [0.5, 0.6) is 5.75 Å². The summed E-state index contributed by atoms with van der Waals surface area (Å²) in [5.74, 6) is 0.161. The number of hydrogen-bond acceptors (Lipinski definition) is 4. The van der Waals surface area contributed by atoms with Gasteiger partial charge in [-0.15, -0.1) is 0 Å². The first kappa shape index (κ1) is 18.0. The second kappa shape index (κ2) is 7.69. The van der Waals surface area contributed by atoms with Gasteiger partial charge in [0.25, 0.3) is 0 Å². The lowest BCUT2D eigenvalue weighted by molar-refractivity contribution is -0.114. The van der Waals surface area contributed by atoms with Gasteiger partial charge in [-0.1, -0.05) is 48.5 Å². The molecule has 0 saturated carbocycles. The van der Waals surface area contributed by atoms with Gasteiger partial charge in [-0.3, -0.25) is 0 Å². The Morgan fingerprint density at radius 1 is 0.889 bits per heavy atom. The fourth-order valence-corrected chi connectivity index (χ4v) is 3.90. The van der Waals surface area contributed by atoms with Crippen LogP contribution in [0.15, 0.2) is 60.7 Å². The molecular weight excluding hydrogens is 340 g/mol. The zero-order valence-electron chi connectivity index (χ0n) is 15.1. The van der Waals surface area contributed by atoms with E-state index in [1.165, 1.54) is 16.7 Å². The molecule has 2 aliphatic carbocycles. The average molecular weight is 364 g/mol. The Hall–Kier alpha value is -2.40. The lowest BCUT2D eigenvalue weighted by Crippen LogP contribution is -2.33. The number of phenolic OH excluding ortho intramolecular Hbond substituents is 1. The van der Waals surface area contributed by atoms with Gasteiger partial charge in [0.05, 0.1) is 24.9 Å². The summed E-state index contributed by atoms with van der Waals surface area (Å²) in [7, 11) is 0. The van der Waals surface area contributed by atoms with Crippen LogP contribution in [-0.2, 0) is 11.2 Å². The summed E-state index contributed by atoms with van der Waals surface area (Å²) in [5, 5.41) is 29.8. The maximum Gasteiger partial charge on any atom is 0.121 e. The van der Waals surface area contributed by atoms with Crippen molar-refractivity contribution in [2.45, 2.75) is 37.6 Å². The maximum atomic E-state index is 10.3. The van der Waals surface area contributed by atoms with Crippen molar-refractivity contribution >= 4 is 0 Å². The number of fused-ring (bicyclic) bond motifs is 1. The molecule has 3 atom stereocenters. The number of hydrogen-bond donors (Lipinski definition) is 3. The number of rotatable bonds is 4. The second-order valence-corrected chi connectivity index (χ2v) is 7.31. The molecule has 3 aliphatic rings. The molecule has 0 aromatic heterocycles. The average Bonchev–Trinajstić information content (AvgIpc) is 2.90. The van der Waals surface area contributed by atoms with Gasteiger partial charge in [-0.05, 0) is 40.8 Å². The zero-order chi connectivity index (χ0) is 18.8. The fraction of sp³-hybridized carbons (Fsp3) is 0.304. The molecule has 0 spiro atoms. The van der Waals surface area contributed by atoms with E-state index in [1.54, 1.807) is 6.07 Å². The van der Waals surface area contributed by atoms with Crippen molar-refractivity contribution in [2.24, 2.45) is 0 Å². The molecule has 3 N–H and O–H groups in total. The van der Waals surface area contributed by atoms with E-state index in [1.807, 2.05) is 30.3 Å². The molecular formula is C23H24O4. The van der Waals surface area contributed by atoms with E-state index in [9.17, 15) is 15.3 Å². The van der Waals surface area contributed by atoms with Gasteiger partial charge in [0.1, 0.15) is 5.75 Å². The Kier molecular flexibility index (Phi) is 5.12. The molecule has 2 unspecified atom stereocenters. The number of aliphatic hydroxyl groups is 2. The number of ether oxygens (including phenoxy) is 1. The van der Waals surface area contributed by atoms with Gasteiger partial charge >= 0.3 is 0 Å². The highest BCUT2D eigenvalue weighted by molar-refractivity contribution is 5.68. The first-order valence-electron chi connectivity index (χ1n) is 9.36. The van der Waals surface area contributed by atoms with Crippen molar-refractivity contribution in [1.82, 2.24) is 0 Å². The third kappa shape index (κ3) is 3.98. The molecule has 0 bridgehead atoms. The summed E-state index contributed by atoms with van der Waals surface area (Å²) in [4.78, 5) is 0. The number of aliphatic hydroxyl groups excluding tert-OH is 2. The predicted molar refractivity (Wildman–Crippen MR) is 104 cm³/mol. The van der Waals surface area contributed by atoms with Gasteiger partial charge in [-0.2, -0.15) is 0 Å². The van der Waals surface area contributed by atoms with Gasteiger partial charge in [-0.25, -0.2) is 0 Å². The summed E-state index contributed by atoms with van der Waals surface area (Å²) in [5.41, 5.74) is 5.38. The fourth-order valence-electron chi connectivity index (χ4n) is 3.90. The molecule has 1 aliphatic heterocycles. The quantitative estimate of drug-likeness (QED) is 0.661. The predicted octanol–water partition coefficient (Wildman–Crippen LogP) is 3.66. The van der Waals surface area contributed by atoms with E-state index in [0.717, 1.165) is 12.0 Å². The molecule has 1 aromatic rings. The monoisotopic (exact) mass is 364 g/mol. The molecule has 0 radical (unpaired) electrons. The van der Waals surface area contributed by atoms with Crippen LogP contribution in [0.3, 0.4) is 0 Å². The third-order valence-electron chi connectivity index (χ3n) is 5.22. The number of aromatic hydroxyl groups is 1. The molecule has 1 fully saturated rings. The van der Waals surface area contributed by atoms with Gasteiger partial charge < -0.3 is 20.1 Å². The Morgan fingerprint density at radius 3 is 2.33 bits per heavy atom. The highest BCUT2D eigenvalue weighted by atomic mass is 16.5. The first-order chi connectivity index (χ1) is 13.1. The van der Waals surface area contributed by atoms with E-state index in [4.69, 9.17) is 4.74 Å². The van der Waals surface area contributed by atoms with Crippen LogP contribution in [0.2, 0.25) is 0 Å². The van der Waals surface area contributed by atoms with E-state index in [0.29, 0.717) is 18.4 Å².